The highest BCUT2D eigenvalue weighted by molar-refractivity contribution is 6.02. The lowest BCUT2D eigenvalue weighted by Gasteiger charge is -2.40. The Kier molecular flexibility index (Phi) is 8.74. The van der Waals surface area contributed by atoms with Crippen LogP contribution in [0, 0.1) is 18.6 Å². The van der Waals surface area contributed by atoms with Gasteiger partial charge in [-0.1, -0.05) is 25.5 Å². The molecule has 0 atom stereocenters. The molecule has 6 rings (SSSR count). The average Bonchev–Trinajstić information content (AvgIpc) is 3.04. The summed E-state index contributed by atoms with van der Waals surface area (Å²) in [6, 6.07) is 8.76. The van der Waals surface area contributed by atoms with Crippen LogP contribution in [0.2, 0.25) is 0 Å². The summed E-state index contributed by atoms with van der Waals surface area (Å²) in [6.07, 6.45) is 6.47. The molecule has 2 saturated heterocycles. The van der Waals surface area contributed by atoms with Crippen molar-refractivity contribution >= 4 is 29.4 Å². The van der Waals surface area contributed by atoms with Crippen LogP contribution in [-0.2, 0) is 6.54 Å². The van der Waals surface area contributed by atoms with Crippen LogP contribution >= 0.6 is 0 Å². The number of hydrogen-bond donors (Lipinski definition) is 2. The lowest BCUT2D eigenvalue weighted by Crippen LogP contribution is -2.47. The van der Waals surface area contributed by atoms with Crippen LogP contribution in [0.5, 0.6) is 0 Å². The average molecular weight is 604 g/mol. The maximum Gasteiger partial charge on any atom is 0.328 e. The number of benzene rings is 2. The number of anilines is 3. The molecule has 1 aromatic heterocycles. The fraction of sp³-hybridized carbons (Fsp3) is 0.455. The van der Waals surface area contributed by atoms with Gasteiger partial charge in [0.05, 0.1) is 12.2 Å². The monoisotopic (exact) mass is 603 g/mol. The van der Waals surface area contributed by atoms with Crippen LogP contribution in [-0.4, -0.2) is 65.6 Å². The lowest BCUT2D eigenvalue weighted by atomic mass is 9.97. The summed E-state index contributed by atoms with van der Waals surface area (Å²) < 4.78 is 30.3. The van der Waals surface area contributed by atoms with Crippen molar-refractivity contribution in [3.05, 3.63) is 64.7 Å². The number of aryl methyl sites for hydroxylation is 1. The van der Waals surface area contributed by atoms with Crippen LogP contribution in [0.15, 0.2) is 36.4 Å². The molecule has 9 nitrogen and oxygen atoms in total. The SMILES string of the molecule is CCCNC(=O)c1ccc(C)c(-c2nc(N3CCC(N4CCCCC4)CC3)nc3c2CNC(=O)N3c2c(F)cccc2F)c1. The van der Waals surface area contributed by atoms with E-state index in [1.54, 1.807) is 12.1 Å². The Morgan fingerprint density at radius 2 is 1.75 bits per heavy atom. The first-order valence-electron chi connectivity index (χ1n) is 15.7. The third kappa shape index (κ3) is 5.85. The second-order valence-electron chi connectivity index (χ2n) is 11.8. The molecule has 4 heterocycles. The number of amides is 3. The maximum absolute atomic E-state index is 15.1. The molecule has 2 N–H and O–H groups in total. The van der Waals surface area contributed by atoms with E-state index in [4.69, 9.17) is 9.97 Å². The number of rotatable bonds is 7. The Bertz CT molecular complexity index is 1530. The quantitative estimate of drug-likeness (QED) is 0.361. The van der Waals surface area contributed by atoms with E-state index in [0.717, 1.165) is 68.0 Å². The fourth-order valence-electron chi connectivity index (χ4n) is 6.50. The van der Waals surface area contributed by atoms with Gasteiger partial charge in [0.25, 0.3) is 5.91 Å². The Labute approximate surface area is 256 Å². The highest BCUT2D eigenvalue weighted by Crippen LogP contribution is 2.40. The van der Waals surface area contributed by atoms with E-state index < -0.39 is 23.4 Å². The maximum atomic E-state index is 15.1. The van der Waals surface area contributed by atoms with Crippen molar-refractivity contribution in [2.24, 2.45) is 0 Å². The molecule has 0 radical (unpaired) electrons. The number of nitrogens with one attached hydrogen (secondary N) is 2. The van der Waals surface area contributed by atoms with E-state index in [0.29, 0.717) is 40.9 Å². The molecule has 232 valence electrons. The molecular weight excluding hydrogens is 564 g/mol. The zero-order valence-electron chi connectivity index (χ0n) is 25.3. The smallest absolute Gasteiger partial charge is 0.328 e. The summed E-state index contributed by atoms with van der Waals surface area (Å²) in [5, 5.41) is 5.67. The molecule has 11 heteroatoms. The molecule has 0 spiro atoms. The molecule has 0 aliphatic carbocycles. The fourth-order valence-corrected chi connectivity index (χ4v) is 6.50. The van der Waals surface area contributed by atoms with Crippen molar-refractivity contribution in [3.63, 3.8) is 0 Å². The van der Waals surface area contributed by atoms with Gasteiger partial charge in [0.2, 0.25) is 5.95 Å². The number of halogens is 2. The number of carbonyl (C=O) groups excluding carboxylic acids is 2. The molecule has 0 unspecified atom stereocenters. The molecule has 3 amide bonds. The number of likely N-dealkylation sites (tertiary alicyclic amines) is 1. The summed E-state index contributed by atoms with van der Waals surface area (Å²) in [4.78, 5) is 41.7. The Balaban J connectivity index is 1.45. The van der Waals surface area contributed by atoms with Crippen LogP contribution in [0.4, 0.5) is 31.0 Å². The van der Waals surface area contributed by atoms with Gasteiger partial charge in [0.15, 0.2) is 5.82 Å². The molecule has 3 aromatic rings. The van der Waals surface area contributed by atoms with Gasteiger partial charge in [0, 0.05) is 42.4 Å². The Morgan fingerprint density at radius 3 is 2.45 bits per heavy atom. The van der Waals surface area contributed by atoms with E-state index in [1.165, 1.54) is 25.3 Å². The normalized spacial score (nSPS) is 17.8. The number of nitrogens with zero attached hydrogens (tertiary/aromatic N) is 5. The minimum Gasteiger partial charge on any atom is -0.352 e. The van der Waals surface area contributed by atoms with Gasteiger partial charge in [-0.2, -0.15) is 4.98 Å². The van der Waals surface area contributed by atoms with Crippen molar-refractivity contribution in [1.29, 1.82) is 0 Å². The van der Waals surface area contributed by atoms with Gasteiger partial charge in [-0.05, 0) is 81.9 Å². The molecule has 3 aliphatic rings. The van der Waals surface area contributed by atoms with Crippen molar-refractivity contribution in [3.8, 4) is 11.3 Å². The largest absolute Gasteiger partial charge is 0.352 e. The van der Waals surface area contributed by atoms with Crippen molar-refractivity contribution in [1.82, 2.24) is 25.5 Å². The van der Waals surface area contributed by atoms with E-state index in [-0.39, 0.29) is 18.3 Å². The number of para-hydroxylation sites is 1. The van der Waals surface area contributed by atoms with Crippen LogP contribution < -0.4 is 20.4 Å². The number of hydrogen-bond acceptors (Lipinski definition) is 6. The molecule has 3 aliphatic heterocycles. The van der Waals surface area contributed by atoms with Gasteiger partial charge >= 0.3 is 6.03 Å². The lowest BCUT2D eigenvalue weighted by molar-refractivity contribution is 0.0953. The van der Waals surface area contributed by atoms with Crippen molar-refractivity contribution < 1.29 is 18.4 Å². The summed E-state index contributed by atoms with van der Waals surface area (Å²) in [5.74, 6) is -1.41. The number of piperidine rings is 2. The molecule has 44 heavy (non-hydrogen) atoms. The first-order valence-corrected chi connectivity index (χ1v) is 15.7. The second kappa shape index (κ2) is 12.9. The first kappa shape index (κ1) is 29.9. The highest BCUT2D eigenvalue weighted by Gasteiger charge is 2.36. The van der Waals surface area contributed by atoms with Crippen LogP contribution in [0.3, 0.4) is 0 Å². The molecular formula is C33H39F2N7O2. The van der Waals surface area contributed by atoms with Gasteiger partial charge in [-0.15, -0.1) is 0 Å². The Morgan fingerprint density at radius 1 is 1.02 bits per heavy atom. The molecule has 2 aromatic carbocycles. The van der Waals surface area contributed by atoms with Gasteiger partial charge in [-0.25, -0.2) is 23.5 Å². The van der Waals surface area contributed by atoms with Gasteiger partial charge in [0.1, 0.15) is 17.3 Å². The third-order valence-corrected chi connectivity index (χ3v) is 8.91. The third-order valence-electron chi connectivity index (χ3n) is 8.91. The molecule has 0 saturated carbocycles. The van der Waals surface area contributed by atoms with Crippen LogP contribution in [0.25, 0.3) is 11.3 Å². The van der Waals surface area contributed by atoms with E-state index in [9.17, 15) is 9.59 Å². The van der Waals surface area contributed by atoms with Crippen LogP contribution in [0.1, 0.15) is 66.9 Å². The zero-order chi connectivity index (χ0) is 30.8. The van der Waals surface area contributed by atoms with Crippen molar-refractivity contribution in [2.75, 3.05) is 42.5 Å². The van der Waals surface area contributed by atoms with E-state index in [1.807, 2.05) is 19.9 Å². The summed E-state index contributed by atoms with van der Waals surface area (Å²) >= 11 is 0. The molecule has 0 bridgehead atoms. The predicted molar refractivity (Wildman–Crippen MR) is 166 cm³/mol. The Hall–Kier alpha value is -4.12. The molecule has 2 fully saturated rings. The summed E-state index contributed by atoms with van der Waals surface area (Å²) in [6.45, 7) is 8.24. The number of aromatic nitrogens is 2. The van der Waals surface area contributed by atoms with Gasteiger partial charge in [-0.3, -0.25) is 4.79 Å². The van der Waals surface area contributed by atoms with Gasteiger partial charge < -0.3 is 20.4 Å². The predicted octanol–water partition coefficient (Wildman–Crippen LogP) is 5.69. The summed E-state index contributed by atoms with van der Waals surface area (Å²) in [7, 11) is 0. The van der Waals surface area contributed by atoms with Crippen molar-refractivity contribution in [2.45, 2.75) is 65.0 Å². The standard InChI is InChI=1S/C33H39F2N7O2/c1-3-14-36-31(43)22-11-10-21(2)24(19-22)28-25-20-37-33(44)42(29-26(34)8-7-9-27(29)35)30(25)39-32(38-28)41-17-12-23(13-18-41)40-15-5-4-6-16-40/h7-11,19,23H,3-6,12-18,20H2,1-2H3,(H,36,43)(H,37,44). The number of urea groups is 1. The summed E-state index contributed by atoms with van der Waals surface area (Å²) in [5.41, 5.74) is 2.60. The minimum atomic E-state index is -0.872. The topological polar surface area (TPSA) is 93.7 Å². The number of fused-ring (bicyclic) bond motifs is 1. The van der Waals surface area contributed by atoms with E-state index >= 15 is 8.78 Å². The minimum absolute atomic E-state index is 0.0685. The highest BCUT2D eigenvalue weighted by atomic mass is 19.1. The number of carbonyl (C=O) groups is 2. The van der Waals surface area contributed by atoms with E-state index in [2.05, 4.69) is 20.4 Å². The first-order chi connectivity index (χ1) is 21.4. The zero-order valence-corrected chi connectivity index (χ0v) is 25.3. The second-order valence-corrected chi connectivity index (χ2v) is 11.8.